The molecule has 0 amide bonds. The zero-order valence-corrected chi connectivity index (χ0v) is 13.8. The minimum absolute atomic E-state index is 0.267. The summed E-state index contributed by atoms with van der Waals surface area (Å²) in [6, 6.07) is 9.72. The van der Waals surface area contributed by atoms with E-state index < -0.39 is 0 Å². The van der Waals surface area contributed by atoms with Crippen LogP contribution in [0, 0.1) is 19.3 Å². The molecule has 23 heavy (non-hydrogen) atoms. The molecule has 0 aliphatic rings. The van der Waals surface area contributed by atoms with Crippen molar-refractivity contribution in [3.05, 3.63) is 53.0 Å². The maximum absolute atomic E-state index is 7.60. The van der Waals surface area contributed by atoms with E-state index in [1.807, 2.05) is 38.1 Å². The highest BCUT2D eigenvalue weighted by molar-refractivity contribution is 7.99. The van der Waals surface area contributed by atoms with Crippen molar-refractivity contribution in [3.8, 4) is 11.4 Å². The summed E-state index contributed by atoms with van der Waals surface area (Å²) in [7, 11) is 0. The third-order valence-electron chi connectivity index (χ3n) is 3.21. The average Bonchev–Trinajstić information content (AvgIpc) is 2.96. The summed E-state index contributed by atoms with van der Waals surface area (Å²) in [6.45, 7) is 3.96. The fourth-order valence-electron chi connectivity index (χ4n) is 2.06. The molecule has 118 valence electrons. The number of aromatic amines is 1. The maximum atomic E-state index is 7.60. The SMILES string of the molecule is Cc1ccc(-c2noc(CCSc3nc(=N)cc(C)[nH]3)n2)cc1. The van der Waals surface area contributed by atoms with Gasteiger partial charge < -0.3 is 9.51 Å². The highest BCUT2D eigenvalue weighted by atomic mass is 32.2. The fourth-order valence-corrected chi connectivity index (χ4v) is 2.93. The summed E-state index contributed by atoms with van der Waals surface area (Å²) >= 11 is 1.54. The Morgan fingerprint density at radius 3 is 2.70 bits per heavy atom. The molecule has 0 atom stereocenters. The van der Waals surface area contributed by atoms with Crippen LogP contribution in [-0.2, 0) is 6.42 Å². The number of benzene rings is 1. The Morgan fingerprint density at radius 1 is 1.17 bits per heavy atom. The molecule has 0 fully saturated rings. The van der Waals surface area contributed by atoms with Crippen LogP contribution >= 0.6 is 11.8 Å². The molecule has 3 aromatic rings. The molecule has 1 aromatic carbocycles. The van der Waals surface area contributed by atoms with E-state index in [-0.39, 0.29) is 5.49 Å². The molecule has 0 radical (unpaired) electrons. The van der Waals surface area contributed by atoms with Crippen LogP contribution in [0.25, 0.3) is 11.4 Å². The quantitative estimate of drug-likeness (QED) is 0.555. The molecule has 0 unspecified atom stereocenters. The van der Waals surface area contributed by atoms with Crippen LogP contribution in [-0.4, -0.2) is 25.9 Å². The normalized spacial score (nSPS) is 10.9. The van der Waals surface area contributed by atoms with Crippen molar-refractivity contribution < 1.29 is 4.52 Å². The number of nitrogens with one attached hydrogen (secondary N) is 2. The van der Waals surface area contributed by atoms with E-state index in [0.717, 1.165) is 22.2 Å². The summed E-state index contributed by atoms with van der Waals surface area (Å²) in [5.74, 6) is 1.97. The van der Waals surface area contributed by atoms with Crippen molar-refractivity contribution in [1.29, 1.82) is 5.41 Å². The highest BCUT2D eigenvalue weighted by Gasteiger charge is 2.09. The first kappa shape index (κ1) is 15.5. The van der Waals surface area contributed by atoms with Crippen LogP contribution in [0.3, 0.4) is 0 Å². The molecule has 0 saturated carbocycles. The zero-order valence-electron chi connectivity index (χ0n) is 13.0. The number of rotatable bonds is 5. The molecular weight excluding hydrogens is 310 g/mol. The summed E-state index contributed by atoms with van der Waals surface area (Å²) in [4.78, 5) is 11.7. The first-order chi connectivity index (χ1) is 11.1. The molecule has 7 heteroatoms. The number of H-pyrrole nitrogens is 1. The van der Waals surface area contributed by atoms with E-state index in [1.165, 1.54) is 17.3 Å². The predicted octanol–water partition coefficient (Wildman–Crippen LogP) is 2.89. The molecule has 0 aliphatic heterocycles. The smallest absolute Gasteiger partial charge is 0.227 e. The molecule has 0 spiro atoms. The Morgan fingerprint density at radius 2 is 1.96 bits per heavy atom. The lowest BCUT2D eigenvalue weighted by Crippen LogP contribution is -2.08. The molecule has 2 N–H and O–H groups in total. The lowest BCUT2D eigenvalue weighted by molar-refractivity contribution is 0.383. The molecular formula is C16H17N5OS. The van der Waals surface area contributed by atoms with Crippen molar-refractivity contribution in [1.82, 2.24) is 20.1 Å². The lowest BCUT2D eigenvalue weighted by Gasteiger charge is -2.00. The number of hydrogen-bond acceptors (Lipinski definition) is 6. The van der Waals surface area contributed by atoms with Crippen molar-refractivity contribution in [2.75, 3.05) is 5.75 Å². The molecule has 3 rings (SSSR count). The van der Waals surface area contributed by atoms with E-state index in [0.29, 0.717) is 18.1 Å². The number of nitrogens with zero attached hydrogens (tertiary/aromatic N) is 3. The van der Waals surface area contributed by atoms with Crippen molar-refractivity contribution in [2.45, 2.75) is 25.4 Å². The molecule has 0 saturated heterocycles. The van der Waals surface area contributed by atoms with Gasteiger partial charge in [0.2, 0.25) is 11.7 Å². The maximum Gasteiger partial charge on any atom is 0.227 e. The monoisotopic (exact) mass is 327 g/mol. The van der Waals surface area contributed by atoms with Crippen molar-refractivity contribution in [2.24, 2.45) is 0 Å². The first-order valence-electron chi connectivity index (χ1n) is 7.25. The summed E-state index contributed by atoms with van der Waals surface area (Å²) in [5, 5.41) is 12.4. The number of aryl methyl sites for hydroxylation is 3. The third-order valence-corrected chi connectivity index (χ3v) is 4.09. The van der Waals surface area contributed by atoms with Crippen LogP contribution in [0.5, 0.6) is 0 Å². The van der Waals surface area contributed by atoms with E-state index >= 15 is 0 Å². The van der Waals surface area contributed by atoms with Gasteiger partial charge in [0.05, 0.1) is 0 Å². The number of thioether (sulfide) groups is 1. The first-order valence-corrected chi connectivity index (χ1v) is 8.24. The van der Waals surface area contributed by atoms with Crippen LogP contribution in [0.2, 0.25) is 0 Å². The van der Waals surface area contributed by atoms with Gasteiger partial charge in [-0.25, -0.2) is 4.98 Å². The third kappa shape index (κ3) is 4.07. The van der Waals surface area contributed by atoms with Gasteiger partial charge in [-0.05, 0) is 13.8 Å². The summed E-state index contributed by atoms with van der Waals surface area (Å²) in [5.41, 5.74) is 3.34. The molecule has 2 aromatic heterocycles. The lowest BCUT2D eigenvalue weighted by atomic mass is 10.1. The fraction of sp³-hybridized carbons (Fsp3) is 0.250. The van der Waals surface area contributed by atoms with Gasteiger partial charge in [0.15, 0.2) is 5.16 Å². The van der Waals surface area contributed by atoms with Crippen LogP contribution in [0.4, 0.5) is 0 Å². The van der Waals surface area contributed by atoms with E-state index in [9.17, 15) is 0 Å². The van der Waals surface area contributed by atoms with E-state index in [4.69, 9.17) is 9.93 Å². The van der Waals surface area contributed by atoms with Crippen LogP contribution < -0.4 is 5.49 Å². The summed E-state index contributed by atoms with van der Waals surface area (Å²) in [6.07, 6.45) is 0.653. The van der Waals surface area contributed by atoms with Gasteiger partial charge in [-0.15, -0.1) is 0 Å². The largest absolute Gasteiger partial charge is 0.339 e. The van der Waals surface area contributed by atoms with Gasteiger partial charge in [0, 0.05) is 29.5 Å². The second kappa shape index (κ2) is 6.78. The molecule has 0 bridgehead atoms. The predicted molar refractivity (Wildman–Crippen MR) is 88.1 cm³/mol. The Balaban J connectivity index is 1.61. The Labute approximate surface area is 137 Å². The highest BCUT2D eigenvalue weighted by Crippen LogP contribution is 2.18. The van der Waals surface area contributed by atoms with Gasteiger partial charge >= 0.3 is 0 Å². The Kier molecular flexibility index (Phi) is 4.57. The second-order valence-electron chi connectivity index (χ2n) is 5.23. The topological polar surface area (TPSA) is 91.5 Å². The van der Waals surface area contributed by atoms with Crippen LogP contribution in [0.1, 0.15) is 17.1 Å². The average molecular weight is 327 g/mol. The Hall–Kier alpha value is -2.41. The van der Waals surface area contributed by atoms with E-state index in [1.54, 1.807) is 6.07 Å². The summed E-state index contributed by atoms with van der Waals surface area (Å²) < 4.78 is 5.29. The number of aromatic nitrogens is 4. The Bertz CT molecular complexity index is 853. The molecule has 6 nitrogen and oxygen atoms in total. The van der Waals surface area contributed by atoms with E-state index in [2.05, 4.69) is 20.1 Å². The van der Waals surface area contributed by atoms with Gasteiger partial charge in [-0.3, -0.25) is 5.41 Å². The zero-order chi connectivity index (χ0) is 16.2. The molecule has 2 heterocycles. The second-order valence-corrected chi connectivity index (χ2v) is 6.31. The van der Waals surface area contributed by atoms with Crippen LogP contribution in [0.15, 0.2) is 40.0 Å². The van der Waals surface area contributed by atoms with Gasteiger partial charge in [-0.1, -0.05) is 46.7 Å². The molecule has 0 aliphatic carbocycles. The van der Waals surface area contributed by atoms with Crippen molar-refractivity contribution in [3.63, 3.8) is 0 Å². The standard InChI is InChI=1S/C16H17N5OS/c1-10-3-5-12(6-4-10)15-20-14(22-21-15)7-8-23-16-18-11(2)9-13(17)19-16/h3-6,9H,7-8H2,1-2H3,(H2,17,18,19). The van der Waals surface area contributed by atoms with Gasteiger partial charge in [0.1, 0.15) is 5.49 Å². The number of hydrogen-bond donors (Lipinski definition) is 2. The van der Waals surface area contributed by atoms with Crippen molar-refractivity contribution >= 4 is 11.8 Å². The van der Waals surface area contributed by atoms with Gasteiger partial charge in [0.25, 0.3) is 0 Å². The minimum atomic E-state index is 0.267. The van der Waals surface area contributed by atoms with Gasteiger partial charge in [-0.2, -0.15) is 4.98 Å². The minimum Gasteiger partial charge on any atom is -0.339 e.